The van der Waals surface area contributed by atoms with Crippen LogP contribution in [0.15, 0.2) is 29.2 Å². The first-order chi connectivity index (χ1) is 13.0. The molecule has 0 unspecified atom stereocenters. The highest BCUT2D eigenvalue weighted by atomic mass is 32.2. The van der Waals surface area contributed by atoms with Crippen molar-refractivity contribution in [1.29, 1.82) is 5.26 Å². The van der Waals surface area contributed by atoms with E-state index in [9.17, 15) is 21.6 Å². The van der Waals surface area contributed by atoms with E-state index in [1.807, 2.05) is 11.0 Å². The molecular weight excluding hydrogens is 404 g/mol. The number of carbonyl (C=O) groups is 1. The molecule has 9 nitrogen and oxygen atoms in total. The number of rotatable bonds is 7. The number of carbonyl (C=O) groups excluding carboxylic acids is 1. The summed E-state index contributed by atoms with van der Waals surface area (Å²) in [6.45, 7) is 2.08. The van der Waals surface area contributed by atoms with E-state index in [2.05, 4.69) is 0 Å². The van der Waals surface area contributed by atoms with Gasteiger partial charge in [-0.2, -0.15) is 9.57 Å². The highest BCUT2D eigenvalue weighted by Crippen LogP contribution is 2.15. The van der Waals surface area contributed by atoms with Crippen LogP contribution in [0.1, 0.15) is 5.56 Å². The quantitative estimate of drug-likeness (QED) is 0.567. The standard InChI is InChI=1S/C17H24N4O5S2/c1-19(28(25,26)16-5-3-15(13-18)4-6-16)14-17(22)21-9-7-20(8-10-21)11-12-27(2,23)24/h3-6H,7-12,14H2,1-2H3. The number of piperazine rings is 1. The van der Waals surface area contributed by atoms with Crippen LogP contribution >= 0.6 is 0 Å². The van der Waals surface area contributed by atoms with Crippen molar-refractivity contribution in [1.82, 2.24) is 14.1 Å². The lowest BCUT2D eigenvalue weighted by molar-refractivity contribution is -0.132. The maximum absolute atomic E-state index is 12.6. The molecule has 1 aromatic rings. The number of nitrogens with zero attached hydrogens (tertiary/aromatic N) is 4. The van der Waals surface area contributed by atoms with E-state index < -0.39 is 19.9 Å². The molecule has 1 aromatic carbocycles. The molecule has 0 saturated carbocycles. The zero-order valence-corrected chi connectivity index (χ0v) is 17.5. The summed E-state index contributed by atoms with van der Waals surface area (Å²) in [5, 5.41) is 8.80. The summed E-state index contributed by atoms with van der Waals surface area (Å²) >= 11 is 0. The number of hydrogen-bond donors (Lipinski definition) is 0. The zero-order chi connectivity index (χ0) is 20.9. The summed E-state index contributed by atoms with van der Waals surface area (Å²) in [4.78, 5) is 16.1. The van der Waals surface area contributed by atoms with E-state index in [0.717, 1.165) is 4.31 Å². The largest absolute Gasteiger partial charge is 0.339 e. The number of benzene rings is 1. The molecular formula is C17H24N4O5S2. The summed E-state index contributed by atoms with van der Waals surface area (Å²) in [7, 11) is -5.52. The predicted octanol–water partition coefficient (Wildman–Crippen LogP) is -0.632. The molecule has 1 aliphatic heterocycles. The van der Waals surface area contributed by atoms with Crippen molar-refractivity contribution in [3.05, 3.63) is 29.8 Å². The van der Waals surface area contributed by atoms with Crippen LogP contribution in [0.5, 0.6) is 0 Å². The van der Waals surface area contributed by atoms with Crippen molar-refractivity contribution in [3.63, 3.8) is 0 Å². The van der Waals surface area contributed by atoms with Gasteiger partial charge in [0.15, 0.2) is 0 Å². The van der Waals surface area contributed by atoms with Gasteiger partial charge in [0.1, 0.15) is 9.84 Å². The van der Waals surface area contributed by atoms with Crippen LogP contribution in [0.2, 0.25) is 0 Å². The van der Waals surface area contributed by atoms with Gasteiger partial charge >= 0.3 is 0 Å². The Morgan fingerprint density at radius 1 is 1.11 bits per heavy atom. The molecule has 1 saturated heterocycles. The monoisotopic (exact) mass is 428 g/mol. The van der Waals surface area contributed by atoms with E-state index in [0.29, 0.717) is 38.3 Å². The number of amides is 1. The Kier molecular flexibility index (Phi) is 7.16. The second-order valence-electron chi connectivity index (χ2n) is 6.75. The van der Waals surface area contributed by atoms with Gasteiger partial charge < -0.3 is 4.90 Å². The summed E-state index contributed by atoms with van der Waals surface area (Å²) in [6.07, 6.45) is 1.19. The van der Waals surface area contributed by atoms with E-state index in [1.165, 1.54) is 37.6 Å². The highest BCUT2D eigenvalue weighted by Gasteiger charge is 2.27. The van der Waals surface area contributed by atoms with Crippen LogP contribution in [0.4, 0.5) is 0 Å². The number of sulfone groups is 1. The molecule has 2 rings (SSSR count). The number of hydrogen-bond acceptors (Lipinski definition) is 7. The van der Waals surface area contributed by atoms with Gasteiger partial charge in [-0.25, -0.2) is 16.8 Å². The van der Waals surface area contributed by atoms with Crippen LogP contribution < -0.4 is 0 Å². The first-order valence-electron chi connectivity index (χ1n) is 8.67. The third-order valence-corrected chi connectivity index (χ3v) is 7.29. The van der Waals surface area contributed by atoms with E-state index >= 15 is 0 Å². The average molecular weight is 429 g/mol. The molecule has 0 spiro atoms. The number of sulfonamides is 1. The molecule has 0 aromatic heterocycles. The third kappa shape index (κ3) is 6.00. The predicted molar refractivity (Wildman–Crippen MR) is 104 cm³/mol. The molecule has 0 aliphatic carbocycles. The molecule has 11 heteroatoms. The van der Waals surface area contributed by atoms with Gasteiger partial charge in [-0.15, -0.1) is 0 Å². The van der Waals surface area contributed by atoms with Gasteiger partial charge in [0.25, 0.3) is 0 Å². The van der Waals surface area contributed by atoms with E-state index in [1.54, 1.807) is 4.90 Å². The lowest BCUT2D eigenvalue weighted by atomic mass is 10.2. The fourth-order valence-corrected chi connectivity index (χ4v) is 4.48. The minimum atomic E-state index is -3.83. The zero-order valence-electron chi connectivity index (χ0n) is 15.9. The Morgan fingerprint density at radius 2 is 1.68 bits per heavy atom. The molecule has 0 radical (unpaired) electrons. The molecule has 0 N–H and O–H groups in total. The Balaban J connectivity index is 1.91. The van der Waals surface area contributed by atoms with Crippen molar-refractivity contribution < 1.29 is 21.6 Å². The van der Waals surface area contributed by atoms with Crippen LogP contribution in [0.25, 0.3) is 0 Å². The summed E-state index contributed by atoms with van der Waals surface area (Å²) < 4.78 is 48.7. The first-order valence-corrected chi connectivity index (χ1v) is 12.2. The van der Waals surface area contributed by atoms with E-state index in [4.69, 9.17) is 5.26 Å². The number of likely N-dealkylation sites (N-methyl/N-ethyl adjacent to an activating group) is 1. The Bertz CT molecular complexity index is 944. The minimum Gasteiger partial charge on any atom is -0.339 e. The van der Waals surface area contributed by atoms with Crippen LogP contribution in [-0.2, 0) is 24.7 Å². The molecule has 1 aliphatic rings. The first kappa shape index (κ1) is 22.3. The van der Waals surface area contributed by atoms with Gasteiger partial charge in [0.05, 0.1) is 28.8 Å². The Labute approximate surface area is 166 Å². The highest BCUT2D eigenvalue weighted by molar-refractivity contribution is 7.90. The van der Waals surface area contributed by atoms with Crippen molar-refractivity contribution >= 4 is 25.8 Å². The third-order valence-electron chi connectivity index (χ3n) is 4.55. The normalized spacial score (nSPS) is 16.1. The lowest BCUT2D eigenvalue weighted by Crippen LogP contribution is -2.52. The molecule has 154 valence electrons. The summed E-state index contributed by atoms with van der Waals surface area (Å²) in [6, 6.07) is 7.44. The smallest absolute Gasteiger partial charge is 0.243 e. The van der Waals surface area contributed by atoms with Crippen LogP contribution in [0.3, 0.4) is 0 Å². The van der Waals surface area contributed by atoms with Gasteiger partial charge in [-0.3, -0.25) is 9.69 Å². The second kappa shape index (κ2) is 9.00. The van der Waals surface area contributed by atoms with Gasteiger partial charge in [0, 0.05) is 46.0 Å². The Morgan fingerprint density at radius 3 is 2.18 bits per heavy atom. The van der Waals surface area contributed by atoms with E-state index in [-0.39, 0.29) is 23.1 Å². The Hall–Kier alpha value is -2.00. The molecule has 1 fully saturated rings. The lowest BCUT2D eigenvalue weighted by Gasteiger charge is -2.35. The molecule has 0 bridgehead atoms. The van der Waals surface area contributed by atoms with Gasteiger partial charge in [-0.1, -0.05) is 0 Å². The number of nitriles is 1. The van der Waals surface area contributed by atoms with Crippen LogP contribution in [0, 0.1) is 11.3 Å². The fraction of sp³-hybridized carbons (Fsp3) is 0.529. The maximum Gasteiger partial charge on any atom is 0.243 e. The second-order valence-corrected chi connectivity index (χ2v) is 11.1. The molecule has 28 heavy (non-hydrogen) atoms. The van der Waals surface area contributed by atoms with Gasteiger partial charge in [-0.05, 0) is 24.3 Å². The van der Waals surface area contributed by atoms with Crippen molar-refractivity contribution in [3.8, 4) is 6.07 Å². The van der Waals surface area contributed by atoms with Crippen LogP contribution in [-0.4, -0.2) is 95.2 Å². The van der Waals surface area contributed by atoms with Crippen molar-refractivity contribution in [2.75, 3.05) is 58.3 Å². The topological polar surface area (TPSA) is 119 Å². The molecule has 0 atom stereocenters. The summed E-state index contributed by atoms with van der Waals surface area (Å²) in [5.41, 5.74) is 0.353. The maximum atomic E-state index is 12.6. The fourth-order valence-electron chi connectivity index (χ4n) is 2.77. The summed E-state index contributed by atoms with van der Waals surface area (Å²) in [5.74, 6) is -0.227. The van der Waals surface area contributed by atoms with Crippen molar-refractivity contribution in [2.24, 2.45) is 0 Å². The molecule has 1 heterocycles. The average Bonchev–Trinajstić information content (AvgIpc) is 2.66. The minimum absolute atomic E-state index is 0.0207. The SMILES string of the molecule is CN(CC(=O)N1CCN(CCS(C)(=O)=O)CC1)S(=O)(=O)c1ccc(C#N)cc1. The molecule has 1 amide bonds. The van der Waals surface area contributed by atoms with Crippen molar-refractivity contribution in [2.45, 2.75) is 4.90 Å². The van der Waals surface area contributed by atoms with Gasteiger partial charge in [0.2, 0.25) is 15.9 Å².